The topological polar surface area (TPSA) is 66.5 Å². The Hall–Kier alpha value is -1.89. The van der Waals surface area contributed by atoms with Crippen LogP contribution in [0.25, 0.3) is 0 Å². The van der Waals surface area contributed by atoms with Crippen molar-refractivity contribution in [2.45, 2.75) is 38.5 Å². The van der Waals surface area contributed by atoms with Crippen molar-refractivity contribution in [2.75, 3.05) is 25.4 Å². The van der Waals surface area contributed by atoms with Crippen LogP contribution in [0.3, 0.4) is 0 Å². The van der Waals surface area contributed by atoms with Gasteiger partial charge in [-0.1, -0.05) is 61.0 Å². The molecule has 5 nitrogen and oxygen atoms in total. The zero-order valence-corrected chi connectivity index (χ0v) is 19.1. The van der Waals surface area contributed by atoms with Gasteiger partial charge in [-0.15, -0.1) is 0 Å². The van der Waals surface area contributed by atoms with Crippen LogP contribution >= 0.6 is 11.6 Å². The number of nitrogens with zero attached hydrogens (tertiary/aromatic N) is 1. The molecular weight excluding hydrogens is 420 g/mol. The molecule has 1 amide bonds. The normalized spacial score (nSPS) is 16.9. The second kappa shape index (κ2) is 9.50. The molecule has 1 aliphatic rings. The molecule has 2 aromatic carbocycles. The van der Waals surface area contributed by atoms with Crippen LogP contribution in [0.15, 0.2) is 48.5 Å². The minimum Gasteiger partial charge on any atom is -0.351 e. The summed E-state index contributed by atoms with van der Waals surface area (Å²) in [4.78, 5) is 12.9. The third-order valence-electron chi connectivity index (χ3n) is 5.96. The summed E-state index contributed by atoms with van der Waals surface area (Å²) in [6.07, 6.45) is 1.92. The molecule has 7 heteroatoms. The van der Waals surface area contributed by atoms with E-state index in [1.165, 1.54) is 0 Å². The van der Waals surface area contributed by atoms with E-state index in [0.29, 0.717) is 49.5 Å². The Morgan fingerprint density at radius 1 is 1.10 bits per heavy atom. The summed E-state index contributed by atoms with van der Waals surface area (Å²) in [6.45, 7) is 5.09. The molecule has 0 saturated carbocycles. The fourth-order valence-corrected chi connectivity index (χ4v) is 6.02. The SMILES string of the molecule is CCCS(=O)(=O)N1CCC(CNC(=O)c2c(C)cccc2Cl)(c2ccccc2)CC1. The van der Waals surface area contributed by atoms with Crippen LogP contribution in [-0.2, 0) is 15.4 Å². The Bertz CT molecular complexity index is 965. The van der Waals surface area contributed by atoms with Crippen molar-refractivity contribution < 1.29 is 13.2 Å². The number of rotatable bonds is 7. The van der Waals surface area contributed by atoms with E-state index in [1.54, 1.807) is 10.4 Å². The van der Waals surface area contributed by atoms with E-state index in [4.69, 9.17) is 11.6 Å². The maximum Gasteiger partial charge on any atom is 0.253 e. The molecule has 1 aliphatic heterocycles. The van der Waals surface area contributed by atoms with Gasteiger partial charge in [-0.2, -0.15) is 0 Å². The van der Waals surface area contributed by atoms with Gasteiger partial charge in [0.25, 0.3) is 5.91 Å². The fraction of sp³-hybridized carbons (Fsp3) is 0.435. The summed E-state index contributed by atoms with van der Waals surface area (Å²) in [5.41, 5.74) is 2.12. The smallest absolute Gasteiger partial charge is 0.253 e. The molecule has 0 atom stereocenters. The molecule has 0 spiro atoms. The Labute approximate surface area is 184 Å². The van der Waals surface area contributed by atoms with Crippen molar-refractivity contribution in [1.82, 2.24) is 9.62 Å². The van der Waals surface area contributed by atoms with Crippen molar-refractivity contribution in [3.05, 3.63) is 70.2 Å². The number of carbonyl (C=O) groups excluding carboxylic acids is 1. The van der Waals surface area contributed by atoms with Crippen molar-refractivity contribution in [3.8, 4) is 0 Å². The second-order valence-corrected chi connectivity index (χ2v) is 10.5. The first-order valence-electron chi connectivity index (χ1n) is 10.4. The highest BCUT2D eigenvalue weighted by Gasteiger charge is 2.39. The quantitative estimate of drug-likeness (QED) is 0.691. The molecule has 1 fully saturated rings. The average molecular weight is 449 g/mol. The highest BCUT2D eigenvalue weighted by Crippen LogP contribution is 2.36. The van der Waals surface area contributed by atoms with Crippen LogP contribution in [0.5, 0.6) is 0 Å². The number of sulfonamides is 1. The molecule has 0 aliphatic carbocycles. The highest BCUT2D eigenvalue weighted by atomic mass is 35.5. The predicted molar refractivity (Wildman–Crippen MR) is 122 cm³/mol. The summed E-state index contributed by atoms with van der Waals surface area (Å²) >= 11 is 6.26. The van der Waals surface area contributed by atoms with E-state index in [9.17, 15) is 13.2 Å². The summed E-state index contributed by atoms with van der Waals surface area (Å²) in [6, 6.07) is 15.5. The molecule has 162 valence electrons. The maximum atomic E-state index is 12.9. The van der Waals surface area contributed by atoms with Gasteiger partial charge in [0.15, 0.2) is 0 Å². The number of piperidine rings is 1. The van der Waals surface area contributed by atoms with Gasteiger partial charge >= 0.3 is 0 Å². The maximum absolute atomic E-state index is 12.9. The van der Waals surface area contributed by atoms with Gasteiger partial charge in [0, 0.05) is 25.0 Å². The number of hydrogen-bond acceptors (Lipinski definition) is 3. The van der Waals surface area contributed by atoms with Crippen molar-refractivity contribution in [1.29, 1.82) is 0 Å². The summed E-state index contributed by atoms with van der Waals surface area (Å²) < 4.78 is 26.6. The third-order valence-corrected chi connectivity index (χ3v) is 8.35. The first kappa shape index (κ1) is 22.8. The molecule has 30 heavy (non-hydrogen) atoms. The first-order chi connectivity index (χ1) is 14.3. The van der Waals surface area contributed by atoms with Crippen LogP contribution in [0.4, 0.5) is 0 Å². The van der Waals surface area contributed by atoms with Crippen LogP contribution in [-0.4, -0.2) is 44.0 Å². The molecule has 1 heterocycles. The van der Waals surface area contributed by atoms with E-state index in [1.807, 2.05) is 44.2 Å². The van der Waals surface area contributed by atoms with Gasteiger partial charge in [-0.3, -0.25) is 4.79 Å². The minimum atomic E-state index is -3.22. The first-order valence-corrected chi connectivity index (χ1v) is 12.3. The van der Waals surface area contributed by atoms with Crippen molar-refractivity contribution in [2.24, 2.45) is 0 Å². The molecule has 0 unspecified atom stereocenters. The predicted octanol–water partition coefficient (Wildman–Crippen LogP) is 4.15. The van der Waals surface area contributed by atoms with Gasteiger partial charge in [0.05, 0.1) is 16.3 Å². The number of halogens is 1. The van der Waals surface area contributed by atoms with Gasteiger partial charge in [0.1, 0.15) is 0 Å². The summed E-state index contributed by atoms with van der Waals surface area (Å²) in [5, 5.41) is 3.51. The van der Waals surface area contributed by atoms with Crippen LogP contribution < -0.4 is 5.32 Å². The average Bonchev–Trinajstić information content (AvgIpc) is 2.73. The van der Waals surface area contributed by atoms with Gasteiger partial charge in [0.2, 0.25) is 10.0 Å². The van der Waals surface area contributed by atoms with Crippen LogP contribution in [0, 0.1) is 6.92 Å². The Morgan fingerprint density at radius 3 is 2.37 bits per heavy atom. The van der Waals surface area contributed by atoms with Crippen LogP contribution in [0.2, 0.25) is 5.02 Å². The molecule has 0 aromatic heterocycles. The minimum absolute atomic E-state index is 0.174. The molecule has 0 radical (unpaired) electrons. The monoisotopic (exact) mass is 448 g/mol. The number of nitrogens with one attached hydrogen (secondary N) is 1. The van der Waals surface area contributed by atoms with E-state index in [-0.39, 0.29) is 17.1 Å². The summed E-state index contributed by atoms with van der Waals surface area (Å²) in [5.74, 6) is -0.0251. The lowest BCUT2D eigenvalue weighted by Crippen LogP contribution is -2.50. The number of hydrogen-bond donors (Lipinski definition) is 1. The van der Waals surface area contributed by atoms with Gasteiger partial charge in [-0.05, 0) is 43.4 Å². The molecule has 2 aromatic rings. The largest absolute Gasteiger partial charge is 0.351 e. The molecule has 1 saturated heterocycles. The zero-order chi connectivity index (χ0) is 21.8. The number of benzene rings is 2. The number of carbonyl (C=O) groups is 1. The highest BCUT2D eigenvalue weighted by molar-refractivity contribution is 7.89. The molecule has 0 bridgehead atoms. The number of aryl methyl sites for hydroxylation is 1. The summed E-state index contributed by atoms with van der Waals surface area (Å²) in [7, 11) is -3.22. The molecule has 1 N–H and O–H groups in total. The van der Waals surface area contributed by atoms with E-state index >= 15 is 0 Å². The number of amides is 1. The van der Waals surface area contributed by atoms with E-state index < -0.39 is 10.0 Å². The zero-order valence-electron chi connectivity index (χ0n) is 17.5. The molecule has 3 rings (SSSR count). The lowest BCUT2D eigenvalue weighted by Gasteiger charge is -2.42. The Balaban J connectivity index is 1.81. The standard InChI is InChI=1S/C23H29ClN2O3S/c1-3-16-30(28,29)26-14-12-23(13-15-26,19-9-5-4-6-10-19)17-25-22(27)21-18(2)8-7-11-20(21)24/h4-11H,3,12-17H2,1-2H3,(H,25,27). The van der Waals surface area contributed by atoms with E-state index in [0.717, 1.165) is 11.1 Å². The Kier molecular flexibility index (Phi) is 7.22. The fourth-order valence-electron chi connectivity index (χ4n) is 4.20. The van der Waals surface area contributed by atoms with Gasteiger partial charge < -0.3 is 5.32 Å². The van der Waals surface area contributed by atoms with Crippen molar-refractivity contribution >= 4 is 27.5 Å². The lowest BCUT2D eigenvalue weighted by molar-refractivity contribution is 0.0932. The van der Waals surface area contributed by atoms with Crippen LogP contribution in [0.1, 0.15) is 47.7 Å². The van der Waals surface area contributed by atoms with Crippen molar-refractivity contribution in [3.63, 3.8) is 0 Å². The molecular formula is C23H29ClN2O3S. The lowest BCUT2D eigenvalue weighted by atomic mass is 9.73. The van der Waals surface area contributed by atoms with Gasteiger partial charge in [-0.25, -0.2) is 12.7 Å². The second-order valence-electron chi connectivity index (χ2n) is 7.98. The third kappa shape index (κ3) is 4.88. The Morgan fingerprint density at radius 2 is 1.77 bits per heavy atom. The van der Waals surface area contributed by atoms with E-state index in [2.05, 4.69) is 17.4 Å².